The summed E-state index contributed by atoms with van der Waals surface area (Å²) in [6.07, 6.45) is -5.81. The zero-order valence-electron chi connectivity index (χ0n) is 9.22. The number of esters is 1. The van der Waals surface area contributed by atoms with Gasteiger partial charge in [0, 0.05) is 11.9 Å². The molecule has 0 saturated carbocycles. The first-order chi connectivity index (χ1) is 5.67. The third kappa shape index (κ3) is 5.00. The maximum Gasteiger partial charge on any atom is 0.305 e. The van der Waals surface area contributed by atoms with E-state index < -0.39 is 24.5 Å². The van der Waals surface area contributed by atoms with Crippen molar-refractivity contribution in [3.63, 3.8) is 0 Å². The van der Waals surface area contributed by atoms with Gasteiger partial charge in [-0.2, -0.15) is 0 Å². The minimum absolute atomic E-state index is 0.876. The van der Waals surface area contributed by atoms with Gasteiger partial charge in [0.05, 0.1) is 13.5 Å². The standard InChI is InChI=1S/C6H10O3/c1-5(7)3-4-6(8)9-2/h3-4H2,1-2H3/i3D2,4D2. The largest absolute Gasteiger partial charge is 0.469 e. The van der Waals surface area contributed by atoms with Crippen molar-refractivity contribution in [2.45, 2.75) is 19.7 Å². The van der Waals surface area contributed by atoms with Crippen molar-refractivity contribution in [2.24, 2.45) is 0 Å². The maximum absolute atomic E-state index is 10.8. The predicted molar refractivity (Wildman–Crippen MR) is 31.9 cm³/mol. The highest BCUT2D eigenvalue weighted by Crippen LogP contribution is 1.91. The molecule has 0 aliphatic rings. The van der Waals surface area contributed by atoms with Gasteiger partial charge in [-0.05, 0) is 6.92 Å². The molecule has 0 saturated heterocycles. The zero-order valence-corrected chi connectivity index (χ0v) is 5.22. The SMILES string of the molecule is [2H]C([2H])(C(C)=O)C([2H])([2H])C(=O)OC. The molecule has 0 heterocycles. The fourth-order valence-electron chi connectivity index (χ4n) is 0.190. The molecule has 0 atom stereocenters. The Kier molecular flexibility index (Phi) is 1.51. The van der Waals surface area contributed by atoms with Crippen molar-refractivity contribution in [2.75, 3.05) is 7.11 Å². The Morgan fingerprint density at radius 1 is 1.56 bits per heavy atom. The molecule has 0 aromatic heterocycles. The van der Waals surface area contributed by atoms with E-state index in [9.17, 15) is 9.59 Å². The van der Waals surface area contributed by atoms with Crippen LogP contribution in [0, 0.1) is 0 Å². The van der Waals surface area contributed by atoms with Gasteiger partial charge in [-0.25, -0.2) is 0 Å². The Morgan fingerprint density at radius 3 is 2.44 bits per heavy atom. The van der Waals surface area contributed by atoms with E-state index in [2.05, 4.69) is 4.74 Å². The highest BCUT2D eigenvalue weighted by atomic mass is 16.5. The first-order valence-electron chi connectivity index (χ1n) is 4.27. The van der Waals surface area contributed by atoms with Crippen LogP contribution in [-0.2, 0) is 14.3 Å². The second-order valence-corrected chi connectivity index (χ2v) is 1.30. The third-order valence-electron chi connectivity index (χ3n) is 0.526. The van der Waals surface area contributed by atoms with Gasteiger partial charge in [0.2, 0.25) is 0 Å². The van der Waals surface area contributed by atoms with E-state index in [1.54, 1.807) is 0 Å². The monoisotopic (exact) mass is 134 g/mol. The Bertz CT molecular complexity index is 236. The number of carbonyl (C=O) groups is 2. The lowest BCUT2D eigenvalue weighted by Gasteiger charge is -1.93. The van der Waals surface area contributed by atoms with Gasteiger partial charge in [0.15, 0.2) is 0 Å². The van der Waals surface area contributed by atoms with E-state index in [4.69, 9.17) is 5.48 Å². The molecule has 0 aliphatic heterocycles. The summed E-state index contributed by atoms with van der Waals surface area (Å²) in [5.41, 5.74) is 0. The van der Waals surface area contributed by atoms with Crippen LogP contribution < -0.4 is 0 Å². The van der Waals surface area contributed by atoms with Crippen LogP contribution in [-0.4, -0.2) is 18.9 Å². The van der Waals surface area contributed by atoms with E-state index in [1.165, 1.54) is 0 Å². The lowest BCUT2D eigenvalue weighted by Crippen LogP contribution is -2.02. The topological polar surface area (TPSA) is 43.4 Å². The van der Waals surface area contributed by atoms with Crippen LogP contribution in [0.2, 0.25) is 0 Å². The number of rotatable bonds is 3. The molecule has 0 aliphatic carbocycles. The maximum atomic E-state index is 10.8. The van der Waals surface area contributed by atoms with Crippen LogP contribution in [0.5, 0.6) is 0 Å². The number of hydrogen-bond donors (Lipinski definition) is 0. The molecular formula is C6H10O3. The Labute approximate surface area is 59.6 Å². The normalized spacial score (nSPS) is 18.4. The Morgan fingerprint density at radius 2 is 2.11 bits per heavy atom. The second kappa shape index (κ2) is 4.06. The first-order valence-corrected chi connectivity index (χ1v) is 2.27. The van der Waals surface area contributed by atoms with Crippen LogP contribution in [0.1, 0.15) is 25.2 Å². The van der Waals surface area contributed by atoms with E-state index in [-0.39, 0.29) is 0 Å². The predicted octanol–water partition coefficient (Wildman–Crippen LogP) is 0.529. The van der Waals surface area contributed by atoms with Crippen LogP contribution in [0.3, 0.4) is 0 Å². The van der Waals surface area contributed by atoms with Gasteiger partial charge >= 0.3 is 5.97 Å². The van der Waals surface area contributed by atoms with Crippen molar-refractivity contribution in [3.05, 3.63) is 0 Å². The lowest BCUT2D eigenvalue weighted by atomic mass is 10.2. The summed E-state index contributed by atoms with van der Waals surface area (Å²) in [5, 5.41) is 0. The molecule has 0 bridgehead atoms. The summed E-state index contributed by atoms with van der Waals surface area (Å²) in [7, 11) is 0.927. The smallest absolute Gasteiger partial charge is 0.305 e. The fraction of sp³-hybridized carbons (Fsp3) is 0.667. The quantitative estimate of drug-likeness (QED) is 0.529. The van der Waals surface area contributed by atoms with Gasteiger partial charge in [-0.3, -0.25) is 4.79 Å². The van der Waals surface area contributed by atoms with Crippen LogP contribution >= 0.6 is 0 Å². The Balaban J connectivity index is 5.02. The highest BCUT2D eigenvalue weighted by Gasteiger charge is 2.00. The molecular weight excluding hydrogens is 120 g/mol. The second-order valence-electron chi connectivity index (χ2n) is 1.30. The van der Waals surface area contributed by atoms with Crippen molar-refractivity contribution in [3.8, 4) is 0 Å². The zero-order chi connectivity index (χ0) is 10.9. The van der Waals surface area contributed by atoms with Crippen molar-refractivity contribution >= 4 is 11.8 Å². The highest BCUT2D eigenvalue weighted by molar-refractivity contribution is 5.80. The number of hydrogen-bond acceptors (Lipinski definition) is 3. The summed E-state index contributed by atoms with van der Waals surface area (Å²) in [5.74, 6) is -2.45. The molecule has 0 unspecified atom stereocenters. The molecule has 0 rings (SSSR count). The van der Waals surface area contributed by atoms with E-state index in [0.717, 1.165) is 14.0 Å². The summed E-state index contributed by atoms with van der Waals surface area (Å²) < 4.78 is 32.3. The average molecular weight is 134 g/mol. The number of ketones is 1. The van der Waals surface area contributed by atoms with Gasteiger partial charge in [0.1, 0.15) is 5.78 Å². The van der Waals surface area contributed by atoms with Crippen LogP contribution in [0.15, 0.2) is 0 Å². The number of ether oxygens (including phenoxy) is 1. The number of Topliss-reactive ketones (excluding diaryl/α,β-unsaturated/α-hetero) is 1. The Hall–Kier alpha value is -0.860. The summed E-state index contributed by atoms with van der Waals surface area (Å²) in [6, 6.07) is 0. The molecule has 0 aromatic rings. The molecule has 0 aromatic carbocycles. The molecule has 0 amide bonds. The summed E-state index contributed by atoms with van der Waals surface area (Å²) in [6.45, 7) is 0.876. The molecule has 0 N–H and O–H groups in total. The molecule has 3 heteroatoms. The van der Waals surface area contributed by atoms with Crippen molar-refractivity contribution in [1.82, 2.24) is 0 Å². The van der Waals surface area contributed by atoms with Gasteiger partial charge < -0.3 is 9.53 Å². The molecule has 9 heavy (non-hydrogen) atoms. The van der Waals surface area contributed by atoms with Gasteiger partial charge in [-0.15, -0.1) is 0 Å². The molecule has 52 valence electrons. The lowest BCUT2D eigenvalue weighted by molar-refractivity contribution is -0.141. The first kappa shape index (κ1) is 3.34. The number of carbonyl (C=O) groups excluding carboxylic acids is 2. The van der Waals surface area contributed by atoms with Crippen LogP contribution in [0.25, 0.3) is 0 Å². The van der Waals surface area contributed by atoms with Crippen LogP contribution in [0.4, 0.5) is 0 Å². The molecule has 0 fully saturated rings. The minimum atomic E-state index is -2.95. The minimum Gasteiger partial charge on any atom is -0.469 e. The summed E-state index contributed by atoms with van der Waals surface area (Å²) in [4.78, 5) is 21.5. The molecule has 0 spiro atoms. The molecule has 0 radical (unpaired) electrons. The van der Waals surface area contributed by atoms with Gasteiger partial charge in [-0.1, -0.05) is 0 Å². The molecule has 3 nitrogen and oxygen atoms in total. The van der Waals surface area contributed by atoms with E-state index in [1.807, 2.05) is 0 Å². The fourth-order valence-corrected chi connectivity index (χ4v) is 0.190. The van der Waals surface area contributed by atoms with Gasteiger partial charge in [0.25, 0.3) is 0 Å². The number of methoxy groups -OCH3 is 1. The van der Waals surface area contributed by atoms with E-state index >= 15 is 0 Å². The van der Waals surface area contributed by atoms with Crippen molar-refractivity contribution < 1.29 is 19.8 Å². The average Bonchev–Trinajstić information content (AvgIpc) is 2.02. The summed E-state index contributed by atoms with van der Waals surface area (Å²) >= 11 is 0. The van der Waals surface area contributed by atoms with Crippen molar-refractivity contribution in [1.29, 1.82) is 0 Å². The van der Waals surface area contributed by atoms with E-state index in [0.29, 0.717) is 0 Å². The third-order valence-corrected chi connectivity index (χ3v) is 0.526.